The van der Waals surface area contributed by atoms with Crippen molar-refractivity contribution in [2.45, 2.75) is 0 Å². The van der Waals surface area contributed by atoms with Gasteiger partial charge in [0.2, 0.25) is 5.69 Å². The lowest BCUT2D eigenvalue weighted by molar-refractivity contribution is 0.354. The lowest BCUT2D eigenvalue weighted by Gasteiger charge is -2.07. The molecule has 0 fully saturated rings. The largest absolute Gasteiger partial charge is 0.344 e. The number of rotatable bonds is 2. The Labute approximate surface area is 71.9 Å². The molecule has 0 bridgehead atoms. The maximum Gasteiger partial charge on any atom is 0.243 e. The highest BCUT2D eigenvalue weighted by atomic mass is 32.9. The van der Waals surface area contributed by atoms with E-state index in [0.717, 1.165) is 0 Å². The summed E-state index contributed by atoms with van der Waals surface area (Å²) in [5.41, 5.74) is -2.13. The normalized spacial score (nSPS) is 8.30. The molecule has 0 saturated carbocycles. The van der Waals surface area contributed by atoms with E-state index in [1.165, 1.54) is 14.2 Å². The zero-order valence-corrected chi connectivity index (χ0v) is 8.85. The van der Waals surface area contributed by atoms with Crippen LogP contribution in [0.4, 0.5) is 0 Å². The quantitative estimate of drug-likeness (QED) is 0.407. The SMILES string of the molecule is COP(=S)(S)OC.N.N.N. The van der Waals surface area contributed by atoms with Crippen molar-refractivity contribution >= 4 is 29.7 Å². The van der Waals surface area contributed by atoms with Gasteiger partial charge < -0.3 is 27.5 Å². The molecule has 0 aliphatic carbocycles. The highest BCUT2D eigenvalue weighted by molar-refractivity contribution is 8.60. The van der Waals surface area contributed by atoms with Crippen molar-refractivity contribution in [1.29, 1.82) is 0 Å². The number of hydrogen-bond donors (Lipinski definition) is 4. The monoisotopic (exact) mass is 209 g/mol. The maximum absolute atomic E-state index is 4.68. The Bertz CT molecular complexity index is 94.5. The summed E-state index contributed by atoms with van der Waals surface area (Å²) in [6.07, 6.45) is 0. The summed E-state index contributed by atoms with van der Waals surface area (Å²) in [6.45, 7) is 0. The molecule has 0 aromatic heterocycles. The fourth-order valence-electron chi connectivity index (χ4n) is 0.0745. The van der Waals surface area contributed by atoms with E-state index in [0.29, 0.717) is 0 Å². The predicted octanol–water partition coefficient (Wildman–Crippen LogP) is 1.92. The van der Waals surface area contributed by atoms with Crippen LogP contribution >= 0.6 is 17.9 Å². The van der Waals surface area contributed by atoms with Gasteiger partial charge in [-0.3, -0.25) is 0 Å². The Balaban J connectivity index is -0.0000000600. The van der Waals surface area contributed by atoms with Crippen LogP contribution in [0.3, 0.4) is 0 Å². The van der Waals surface area contributed by atoms with Crippen LogP contribution in [0.5, 0.6) is 0 Å². The fourth-order valence-corrected chi connectivity index (χ4v) is 0.224. The van der Waals surface area contributed by atoms with E-state index in [1.807, 2.05) is 0 Å². The van der Waals surface area contributed by atoms with E-state index in [-0.39, 0.29) is 18.5 Å². The molecule has 10 heavy (non-hydrogen) atoms. The Morgan fingerprint density at radius 3 is 1.30 bits per heavy atom. The fraction of sp³-hybridized carbons (Fsp3) is 1.00. The molecule has 9 N–H and O–H groups in total. The highest BCUT2D eigenvalue weighted by Crippen LogP contribution is 2.51. The molecular formula is C2H16N3O2PS2. The molecule has 5 nitrogen and oxygen atoms in total. The molecule has 0 amide bonds. The Kier molecular flexibility index (Phi) is 22.0. The van der Waals surface area contributed by atoms with Gasteiger partial charge in [0.15, 0.2) is 0 Å². The van der Waals surface area contributed by atoms with Gasteiger partial charge in [-0.05, 0) is 11.8 Å². The first-order chi connectivity index (χ1) is 3.12. The molecule has 0 aromatic rings. The highest BCUT2D eigenvalue weighted by Gasteiger charge is 2.04. The average molecular weight is 209 g/mol. The standard InChI is InChI=1S/C2H7O2PS2.3H3N/c1-3-5(6,7)4-2;;;/h1-2H3,(H,6,7);3*1H3. The number of thiol groups is 1. The van der Waals surface area contributed by atoms with Gasteiger partial charge >= 0.3 is 0 Å². The molecule has 0 rings (SSSR count). The summed E-state index contributed by atoms with van der Waals surface area (Å²) in [5.74, 6) is 0. The summed E-state index contributed by atoms with van der Waals surface area (Å²) in [7, 11) is 2.97. The lowest BCUT2D eigenvalue weighted by atomic mass is 11.8. The van der Waals surface area contributed by atoms with E-state index in [1.54, 1.807) is 0 Å². The van der Waals surface area contributed by atoms with Crippen LogP contribution in [0, 0.1) is 0 Å². The second-order valence-electron chi connectivity index (χ2n) is 0.834. The summed E-state index contributed by atoms with van der Waals surface area (Å²) >= 11 is 8.54. The van der Waals surface area contributed by atoms with Gasteiger partial charge in [-0.1, -0.05) is 12.2 Å². The van der Waals surface area contributed by atoms with Crippen molar-refractivity contribution in [2.24, 2.45) is 0 Å². The molecular weight excluding hydrogens is 193 g/mol. The second kappa shape index (κ2) is 9.80. The van der Waals surface area contributed by atoms with Crippen molar-refractivity contribution in [3.63, 3.8) is 0 Å². The number of hydrogen-bond acceptors (Lipinski definition) is 6. The van der Waals surface area contributed by atoms with Gasteiger partial charge in [0.1, 0.15) is 0 Å². The first-order valence-corrected chi connectivity index (χ1v) is 5.36. The minimum absolute atomic E-state index is 0. The van der Waals surface area contributed by atoms with Crippen LogP contribution in [0.2, 0.25) is 0 Å². The van der Waals surface area contributed by atoms with Crippen LogP contribution in [-0.2, 0) is 20.9 Å². The van der Waals surface area contributed by atoms with E-state index in [4.69, 9.17) is 0 Å². The summed E-state index contributed by atoms with van der Waals surface area (Å²) in [4.78, 5) is 0. The van der Waals surface area contributed by atoms with Gasteiger partial charge in [0, 0.05) is 14.2 Å². The molecule has 68 valence electrons. The van der Waals surface area contributed by atoms with Gasteiger partial charge in [0.25, 0.3) is 0 Å². The van der Waals surface area contributed by atoms with Crippen molar-refractivity contribution in [3.8, 4) is 0 Å². The van der Waals surface area contributed by atoms with E-state index in [9.17, 15) is 0 Å². The van der Waals surface area contributed by atoms with Gasteiger partial charge in [0.05, 0.1) is 0 Å². The lowest BCUT2D eigenvalue weighted by Crippen LogP contribution is -1.76. The molecule has 0 unspecified atom stereocenters. The van der Waals surface area contributed by atoms with Crippen LogP contribution in [-0.4, -0.2) is 14.2 Å². The summed E-state index contributed by atoms with van der Waals surface area (Å²) < 4.78 is 9.31. The van der Waals surface area contributed by atoms with Gasteiger partial charge in [-0.15, -0.1) is 0 Å². The third-order valence-corrected chi connectivity index (χ3v) is 3.26. The molecule has 0 saturated heterocycles. The minimum Gasteiger partial charge on any atom is -0.344 e. The van der Waals surface area contributed by atoms with Gasteiger partial charge in [-0.2, -0.15) is 0 Å². The maximum atomic E-state index is 4.68. The van der Waals surface area contributed by atoms with Crippen LogP contribution in [0.1, 0.15) is 0 Å². The first-order valence-electron chi connectivity index (χ1n) is 1.56. The molecule has 0 spiro atoms. The Morgan fingerprint density at radius 1 is 1.10 bits per heavy atom. The smallest absolute Gasteiger partial charge is 0.243 e. The van der Waals surface area contributed by atoms with Crippen molar-refractivity contribution < 1.29 is 9.05 Å². The third-order valence-electron chi connectivity index (χ3n) is 0.461. The van der Waals surface area contributed by atoms with Crippen molar-refractivity contribution in [3.05, 3.63) is 0 Å². The molecule has 0 aromatic carbocycles. The van der Waals surface area contributed by atoms with E-state index in [2.05, 4.69) is 33.1 Å². The predicted molar refractivity (Wildman–Crippen MR) is 52.4 cm³/mol. The molecule has 8 heteroatoms. The summed E-state index contributed by atoms with van der Waals surface area (Å²) in [5, 5.41) is 0. The second-order valence-corrected chi connectivity index (χ2v) is 6.33. The molecule has 0 radical (unpaired) electrons. The van der Waals surface area contributed by atoms with Crippen molar-refractivity contribution in [2.75, 3.05) is 14.2 Å². The van der Waals surface area contributed by atoms with E-state index >= 15 is 0 Å². The zero-order valence-electron chi connectivity index (χ0n) is 6.24. The zero-order chi connectivity index (χ0) is 5.91. The average Bonchev–Trinajstić information content (AvgIpc) is 1.68. The molecule has 0 aliphatic rings. The van der Waals surface area contributed by atoms with Crippen LogP contribution < -0.4 is 18.5 Å². The molecule has 0 heterocycles. The molecule has 0 atom stereocenters. The Hall–Kier alpha value is 0.800. The van der Waals surface area contributed by atoms with Crippen molar-refractivity contribution in [1.82, 2.24) is 18.5 Å². The topological polar surface area (TPSA) is 123 Å². The van der Waals surface area contributed by atoms with Gasteiger partial charge in [-0.25, -0.2) is 0 Å². The van der Waals surface area contributed by atoms with Crippen LogP contribution in [0.25, 0.3) is 0 Å². The van der Waals surface area contributed by atoms with Crippen LogP contribution in [0.15, 0.2) is 0 Å². The summed E-state index contributed by atoms with van der Waals surface area (Å²) in [6, 6.07) is 0. The third kappa shape index (κ3) is 11.6. The van der Waals surface area contributed by atoms with E-state index < -0.39 is 5.69 Å². The molecule has 0 aliphatic heterocycles. The minimum atomic E-state index is -2.13. The Morgan fingerprint density at radius 2 is 1.30 bits per heavy atom. The first kappa shape index (κ1) is 22.4.